The Morgan fingerprint density at radius 2 is 2.24 bits per heavy atom. The fourth-order valence-electron chi connectivity index (χ4n) is 1.74. The van der Waals surface area contributed by atoms with Crippen molar-refractivity contribution < 1.29 is 0 Å². The van der Waals surface area contributed by atoms with Gasteiger partial charge in [0, 0.05) is 38.2 Å². The van der Waals surface area contributed by atoms with Crippen LogP contribution in [0.3, 0.4) is 0 Å². The van der Waals surface area contributed by atoms with Crippen LogP contribution in [0.5, 0.6) is 0 Å². The molecule has 0 unspecified atom stereocenters. The van der Waals surface area contributed by atoms with Gasteiger partial charge < -0.3 is 14.5 Å². The van der Waals surface area contributed by atoms with Crippen LogP contribution < -0.4 is 5.32 Å². The highest BCUT2D eigenvalue weighted by Crippen LogP contribution is 2.05. The minimum absolute atomic E-state index is 0.524. The number of hydrogen-bond donors (Lipinski definition) is 1. The summed E-state index contributed by atoms with van der Waals surface area (Å²) in [5, 5.41) is 3.41. The minimum Gasteiger partial charge on any atom is -0.348 e. The fraction of sp³-hybridized carbons (Fsp3) is 0.462. The molecular formula is C13H20N4. The maximum Gasteiger partial charge on any atom is 0.0946 e. The number of hydrogen-bond acceptors (Lipinski definition) is 2. The molecule has 0 spiro atoms. The standard InChI is InChI=1S/C13H20N4/c1-11(2)15-6-12-4-5-17(8-12)9-13-7-14-10-16(13)3/h4-5,7-8,10-11,15H,6,9H2,1-3H3. The second-order valence-electron chi connectivity index (χ2n) is 4.72. The Morgan fingerprint density at radius 3 is 2.88 bits per heavy atom. The first-order valence-corrected chi connectivity index (χ1v) is 5.98. The van der Waals surface area contributed by atoms with E-state index >= 15 is 0 Å². The molecule has 0 saturated carbocycles. The lowest BCUT2D eigenvalue weighted by Crippen LogP contribution is -2.21. The molecule has 0 fully saturated rings. The molecule has 0 aliphatic rings. The fourth-order valence-corrected chi connectivity index (χ4v) is 1.74. The van der Waals surface area contributed by atoms with E-state index < -0.39 is 0 Å². The van der Waals surface area contributed by atoms with Crippen molar-refractivity contribution in [2.45, 2.75) is 33.0 Å². The molecule has 1 N–H and O–H groups in total. The first-order valence-electron chi connectivity index (χ1n) is 5.98. The molecule has 2 aromatic heterocycles. The molecule has 2 heterocycles. The van der Waals surface area contributed by atoms with Crippen molar-refractivity contribution in [3.05, 3.63) is 42.2 Å². The van der Waals surface area contributed by atoms with Crippen LogP contribution >= 0.6 is 0 Å². The number of imidazole rings is 1. The average molecular weight is 232 g/mol. The summed E-state index contributed by atoms with van der Waals surface area (Å²) in [7, 11) is 2.02. The van der Waals surface area contributed by atoms with Crippen LogP contribution in [0.1, 0.15) is 25.1 Å². The van der Waals surface area contributed by atoms with Gasteiger partial charge in [-0.25, -0.2) is 4.98 Å². The first-order chi connectivity index (χ1) is 8.15. The molecule has 0 aliphatic carbocycles. The predicted octanol–water partition coefficient (Wildman–Crippen LogP) is 1.77. The van der Waals surface area contributed by atoms with Gasteiger partial charge in [0.15, 0.2) is 0 Å². The van der Waals surface area contributed by atoms with E-state index in [1.165, 1.54) is 11.3 Å². The Balaban J connectivity index is 1.97. The van der Waals surface area contributed by atoms with Crippen molar-refractivity contribution >= 4 is 0 Å². The van der Waals surface area contributed by atoms with Crippen LogP contribution in [0.4, 0.5) is 0 Å². The summed E-state index contributed by atoms with van der Waals surface area (Å²) in [4.78, 5) is 4.12. The first kappa shape index (κ1) is 11.9. The number of nitrogens with one attached hydrogen (secondary N) is 1. The molecule has 0 atom stereocenters. The van der Waals surface area contributed by atoms with Gasteiger partial charge in [-0.15, -0.1) is 0 Å². The zero-order valence-electron chi connectivity index (χ0n) is 10.7. The van der Waals surface area contributed by atoms with Crippen molar-refractivity contribution in [3.63, 3.8) is 0 Å². The molecule has 0 aliphatic heterocycles. The van der Waals surface area contributed by atoms with Crippen LogP contribution in [-0.4, -0.2) is 20.2 Å². The van der Waals surface area contributed by atoms with Gasteiger partial charge in [-0.3, -0.25) is 0 Å². The predicted molar refractivity (Wildman–Crippen MR) is 68.7 cm³/mol. The van der Waals surface area contributed by atoms with Gasteiger partial charge in [-0.2, -0.15) is 0 Å². The van der Waals surface area contributed by atoms with Crippen molar-refractivity contribution in [2.24, 2.45) is 7.05 Å². The van der Waals surface area contributed by atoms with Crippen LogP contribution in [-0.2, 0) is 20.1 Å². The molecule has 0 amide bonds. The van der Waals surface area contributed by atoms with Gasteiger partial charge in [0.05, 0.1) is 18.6 Å². The Hall–Kier alpha value is -1.55. The summed E-state index contributed by atoms with van der Waals surface area (Å²) in [6.07, 6.45) is 8.04. The van der Waals surface area contributed by atoms with Crippen molar-refractivity contribution in [2.75, 3.05) is 0 Å². The molecule has 0 bridgehead atoms. The van der Waals surface area contributed by atoms with E-state index in [2.05, 4.69) is 47.2 Å². The van der Waals surface area contributed by atoms with Crippen LogP contribution in [0.25, 0.3) is 0 Å². The monoisotopic (exact) mass is 232 g/mol. The van der Waals surface area contributed by atoms with E-state index in [9.17, 15) is 0 Å². The normalized spacial score (nSPS) is 11.3. The highest BCUT2D eigenvalue weighted by molar-refractivity contribution is 5.12. The highest BCUT2D eigenvalue weighted by Gasteiger charge is 2.01. The zero-order valence-corrected chi connectivity index (χ0v) is 10.7. The summed E-state index contributed by atoms with van der Waals surface area (Å²) >= 11 is 0. The van der Waals surface area contributed by atoms with Crippen LogP contribution in [0.15, 0.2) is 31.0 Å². The number of rotatable bonds is 5. The Kier molecular flexibility index (Phi) is 3.64. The van der Waals surface area contributed by atoms with E-state index in [0.29, 0.717) is 6.04 Å². The van der Waals surface area contributed by atoms with E-state index in [1.807, 2.05) is 24.1 Å². The smallest absolute Gasteiger partial charge is 0.0946 e. The number of aryl methyl sites for hydroxylation is 1. The van der Waals surface area contributed by atoms with Crippen molar-refractivity contribution in [1.29, 1.82) is 0 Å². The van der Waals surface area contributed by atoms with Crippen LogP contribution in [0, 0.1) is 0 Å². The Morgan fingerprint density at radius 1 is 1.41 bits per heavy atom. The van der Waals surface area contributed by atoms with Gasteiger partial charge in [0.1, 0.15) is 0 Å². The van der Waals surface area contributed by atoms with Crippen LogP contribution in [0.2, 0.25) is 0 Å². The molecule has 0 aromatic carbocycles. The summed E-state index contributed by atoms with van der Waals surface area (Å²) < 4.78 is 4.24. The van der Waals surface area contributed by atoms with E-state index in [0.717, 1.165) is 13.1 Å². The number of aromatic nitrogens is 3. The molecule has 92 valence electrons. The lowest BCUT2D eigenvalue weighted by Gasteiger charge is -2.06. The van der Waals surface area contributed by atoms with Crippen molar-refractivity contribution in [3.8, 4) is 0 Å². The van der Waals surface area contributed by atoms with E-state index in [-0.39, 0.29) is 0 Å². The van der Waals surface area contributed by atoms with Crippen molar-refractivity contribution in [1.82, 2.24) is 19.4 Å². The summed E-state index contributed by atoms with van der Waals surface area (Å²) in [6, 6.07) is 2.68. The summed E-state index contributed by atoms with van der Waals surface area (Å²) in [5.74, 6) is 0. The lowest BCUT2D eigenvalue weighted by molar-refractivity contribution is 0.588. The minimum atomic E-state index is 0.524. The zero-order chi connectivity index (χ0) is 12.3. The molecule has 2 aromatic rings. The Bertz CT molecular complexity index is 467. The van der Waals surface area contributed by atoms with Gasteiger partial charge in [0.25, 0.3) is 0 Å². The maximum atomic E-state index is 4.12. The molecule has 4 heteroatoms. The largest absolute Gasteiger partial charge is 0.348 e. The number of nitrogens with zero attached hydrogens (tertiary/aromatic N) is 3. The third-order valence-electron chi connectivity index (χ3n) is 2.79. The second kappa shape index (κ2) is 5.19. The SMILES string of the molecule is CC(C)NCc1ccn(Cc2cncn2C)c1. The van der Waals surface area contributed by atoms with E-state index in [4.69, 9.17) is 0 Å². The quantitative estimate of drug-likeness (QED) is 0.852. The highest BCUT2D eigenvalue weighted by atomic mass is 15.1. The third-order valence-corrected chi connectivity index (χ3v) is 2.79. The molecule has 2 rings (SSSR count). The van der Waals surface area contributed by atoms with E-state index in [1.54, 1.807) is 0 Å². The molecule has 4 nitrogen and oxygen atoms in total. The van der Waals surface area contributed by atoms with Gasteiger partial charge in [0.2, 0.25) is 0 Å². The van der Waals surface area contributed by atoms with Gasteiger partial charge in [-0.1, -0.05) is 13.8 Å². The molecule has 17 heavy (non-hydrogen) atoms. The topological polar surface area (TPSA) is 34.8 Å². The molecular weight excluding hydrogens is 212 g/mol. The van der Waals surface area contributed by atoms with Gasteiger partial charge in [-0.05, 0) is 11.6 Å². The third kappa shape index (κ3) is 3.20. The summed E-state index contributed by atoms with van der Waals surface area (Å²) in [5.41, 5.74) is 2.53. The van der Waals surface area contributed by atoms with Gasteiger partial charge >= 0.3 is 0 Å². The second-order valence-corrected chi connectivity index (χ2v) is 4.72. The summed E-state index contributed by atoms with van der Waals surface area (Å²) in [6.45, 7) is 6.12. The lowest BCUT2D eigenvalue weighted by atomic mass is 10.3. The average Bonchev–Trinajstić information content (AvgIpc) is 2.87. The molecule has 0 saturated heterocycles. The maximum absolute atomic E-state index is 4.12. The molecule has 0 radical (unpaired) electrons. The Labute approximate surface area is 102 Å².